The van der Waals surface area contributed by atoms with Gasteiger partial charge in [0, 0.05) is 17.6 Å². The molecule has 2 atom stereocenters. The van der Waals surface area contributed by atoms with Gasteiger partial charge in [-0.1, -0.05) is 55.3 Å². The van der Waals surface area contributed by atoms with E-state index in [0.29, 0.717) is 29.5 Å². The zero-order chi connectivity index (χ0) is 30.9. The highest BCUT2D eigenvalue weighted by Gasteiger charge is 2.34. The van der Waals surface area contributed by atoms with Crippen molar-refractivity contribution < 1.29 is 22.7 Å². The van der Waals surface area contributed by atoms with Gasteiger partial charge >= 0.3 is 0 Å². The summed E-state index contributed by atoms with van der Waals surface area (Å²) in [7, 11) is -4.15. The van der Waals surface area contributed by atoms with Crippen LogP contribution in [0.1, 0.15) is 51.7 Å². The molecule has 0 heterocycles. The van der Waals surface area contributed by atoms with Crippen LogP contribution in [0.25, 0.3) is 0 Å². The van der Waals surface area contributed by atoms with Gasteiger partial charge in [0.15, 0.2) is 0 Å². The smallest absolute Gasteiger partial charge is 0.264 e. The quantitative estimate of drug-likeness (QED) is 0.242. The number of nitrogens with one attached hydrogen (secondary N) is 1. The van der Waals surface area contributed by atoms with Gasteiger partial charge in [-0.15, -0.1) is 0 Å². The Labute approximate surface area is 254 Å². The van der Waals surface area contributed by atoms with E-state index in [0.717, 1.165) is 21.9 Å². The Morgan fingerprint density at radius 2 is 1.52 bits per heavy atom. The van der Waals surface area contributed by atoms with Crippen LogP contribution in [0.5, 0.6) is 5.75 Å². The van der Waals surface area contributed by atoms with Gasteiger partial charge < -0.3 is 15.0 Å². The molecule has 0 aliphatic carbocycles. The second-order valence-corrected chi connectivity index (χ2v) is 12.4. The zero-order valence-electron chi connectivity index (χ0n) is 24.8. The molecule has 8 nitrogen and oxygen atoms in total. The molecule has 0 aliphatic rings. The van der Waals surface area contributed by atoms with Gasteiger partial charge in [0.05, 0.1) is 17.2 Å². The maximum absolute atomic E-state index is 14.1. The van der Waals surface area contributed by atoms with Crippen LogP contribution in [0.15, 0.2) is 77.7 Å². The molecule has 0 saturated carbocycles. The number of ether oxygens (including phenoxy) is 1. The molecule has 0 spiro atoms. The molecule has 1 N–H and O–H groups in total. The Morgan fingerprint density at radius 3 is 2.07 bits per heavy atom. The molecule has 0 fully saturated rings. The molecule has 3 rings (SSSR count). The number of halogens is 1. The third-order valence-corrected chi connectivity index (χ3v) is 9.02. The predicted molar refractivity (Wildman–Crippen MR) is 167 cm³/mol. The molecular weight excluding hydrogens is 574 g/mol. The van der Waals surface area contributed by atoms with Crippen LogP contribution in [0, 0.1) is 6.92 Å². The first-order valence-electron chi connectivity index (χ1n) is 14.2. The number of sulfonamides is 1. The number of rotatable bonds is 14. The van der Waals surface area contributed by atoms with Crippen molar-refractivity contribution in [1.82, 2.24) is 10.2 Å². The number of nitrogens with zero attached hydrogens (tertiary/aromatic N) is 2. The predicted octanol–water partition coefficient (Wildman–Crippen LogP) is 5.96. The van der Waals surface area contributed by atoms with Crippen molar-refractivity contribution in [3.05, 3.63) is 88.9 Å². The highest BCUT2D eigenvalue weighted by molar-refractivity contribution is 7.92. The van der Waals surface area contributed by atoms with Crippen LogP contribution >= 0.6 is 11.6 Å². The molecule has 0 aromatic heterocycles. The third kappa shape index (κ3) is 8.49. The van der Waals surface area contributed by atoms with E-state index in [4.69, 9.17) is 16.3 Å². The second kappa shape index (κ2) is 15.1. The van der Waals surface area contributed by atoms with Gasteiger partial charge in [-0.05, 0) is 87.7 Å². The first kappa shape index (κ1) is 32.9. The molecule has 3 aromatic rings. The highest BCUT2D eigenvalue weighted by Crippen LogP contribution is 2.27. The Balaban J connectivity index is 2.05. The van der Waals surface area contributed by atoms with Crippen molar-refractivity contribution in [2.75, 3.05) is 17.5 Å². The molecule has 0 radical (unpaired) electrons. The summed E-state index contributed by atoms with van der Waals surface area (Å²) in [6.45, 7) is 9.47. The lowest BCUT2D eigenvalue weighted by atomic mass is 10.1. The fourth-order valence-corrected chi connectivity index (χ4v) is 5.93. The topological polar surface area (TPSA) is 96.0 Å². The van der Waals surface area contributed by atoms with Crippen molar-refractivity contribution in [3.8, 4) is 5.75 Å². The fourth-order valence-electron chi connectivity index (χ4n) is 4.39. The van der Waals surface area contributed by atoms with Gasteiger partial charge in [0.25, 0.3) is 10.0 Å². The van der Waals surface area contributed by atoms with Crippen LogP contribution < -0.4 is 14.4 Å². The highest BCUT2D eigenvalue weighted by atomic mass is 35.5. The van der Waals surface area contributed by atoms with E-state index in [1.54, 1.807) is 60.7 Å². The van der Waals surface area contributed by atoms with Crippen LogP contribution in [-0.2, 0) is 26.2 Å². The molecule has 226 valence electrons. The average molecular weight is 614 g/mol. The summed E-state index contributed by atoms with van der Waals surface area (Å²) in [5.41, 5.74) is 1.97. The Hall–Kier alpha value is -3.56. The number of hydrogen-bond donors (Lipinski definition) is 1. The third-order valence-electron chi connectivity index (χ3n) is 6.98. The first-order chi connectivity index (χ1) is 20.0. The summed E-state index contributed by atoms with van der Waals surface area (Å²) >= 11 is 6.08. The van der Waals surface area contributed by atoms with Crippen LogP contribution in [-0.4, -0.2) is 50.4 Å². The maximum atomic E-state index is 14.1. The number of hydrogen-bond acceptors (Lipinski definition) is 5. The fraction of sp³-hybridized carbons (Fsp3) is 0.375. The number of anilines is 1. The zero-order valence-corrected chi connectivity index (χ0v) is 26.4. The van der Waals surface area contributed by atoms with Crippen molar-refractivity contribution in [2.45, 2.75) is 71.0 Å². The van der Waals surface area contributed by atoms with Crippen molar-refractivity contribution in [2.24, 2.45) is 0 Å². The van der Waals surface area contributed by atoms with E-state index < -0.39 is 28.5 Å². The van der Waals surface area contributed by atoms with E-state index in [-0.39, 0.29) is 23.4 Å². The Bertz CT molecular complexity index is 1430. The first-order valence-corrected chi connectivity index (χ1v) is 16.0. The van der Waals surface area contributed by atoms with Gasteiger partial charge in [-0.2, -0.15) is 0 Å². The van der Waals surface area contributed by atoms with E-state index in [9.17, 15) is 18.0 Å². The summed E-state index contributed by atoms with van der Waals surface area (Å²) in [6.07, 6.45) is 1.07. The minimum Gasteiger partial charge on any atom is -0.494 e. The lowest BCUT2D eigenvalue weighted by Crippen LogP contribution is -2.53. The maximum Gasteiger partial charge on any atom is 0.264 e. The second-order valence-electron chi connectivity index (χ2n) is 10.1. The van der Waals surface area contributed by atoms with Gasteiger partial charge in [-0.25, -0.2) is 8.42 Å². The monoisotopic (exact) mass is 613 g/mol. The lowest BCUT2D eigenvalue weighted by Gasteiger charge is -2.33. The normalized spacial score (nSPS) is 12.7. The number of aryl methyl sites for hydroxylation is 1. The van der Waals surface area contributed by atoms with Crippen LogP contribution in [0.4, 0.5) is 5.69 Å². The number of carbonyl (C=O) groups is 2. The van der Waals surface area contributed by atoms with E-state index in [2.05, 4.69) is 5.32 Å². The van der Waals surface area contributed by atoms with Crippen LogP contribution in [0.3, 0.4) is 0 Å². The molecule has 2 amide bonds. The van der Waals surface area contributed by atoms with E-state index in [1.807, 2.05) is 34.6 Å². The van der Waals surface area contributed by atoms with Crippen molar-refractivity contribution >= 4 is 39.1 Å². The molecule has 0 bridgehead atoms. The van der Waals surface area contributed by atoms with Gasteiger partial charge in [-0.3, -0.25) is 13.9 Å². The molecule has 10 heteroatoms. The lowest BCUT2D eigenvalue weighted by molar-refractivity contribution is -0.140. The summed E-state index contributed by atoms with van der Waals surface area (Å²) in [4.78, 5) is 29.0. The van der Waals surface area contributed by atoms with Crippen molar-refractivity contribution in [3.63, 3.8) is 0 Å². The van der Waals surface area contributed by atoms with Crippen molar-refractivity contribution in [1.29, 1.82) is 0 Å². The minimum atomic E-state index is -4.15. The summed E-state index contributed by atoms with van der Waals surface area (Å²) < 4.78 is 34.6. The average Bonchev–Trinajstić information content (AvgIpc) is 2.97. The van der Waals surface area contributed by atoms with E-state index >= 15 is 0 Å². The Kier molecular flexibility index (Phi) is 11.8. The van der Waals surface area contributed by atoms with E-state index in [1.165, 1.54) is 17.0 Å². The molecule has 0 aliphatic heterocycles. The largest absolute Gasteiger partial charge is 0.494 e. The summed E-state index contributed by atoms with van der Waals surface area (Å²) in [5.74, 6) is -0.221. The minimum absolute atomic E-state index is 0.0561. The number of carbonyl (C=O) groups excluding carboxylic acids is 2. The van der Waals surface area contributed by atoms with Crippen LogP contribution in [0.2, 0.25) is 5.02 Å². The Morgan fingerprint density at radius 1 is 0.905 bits per heavy atom. The van der Waals surface area contributed by atoms with Gasteiger partial charge in [0.1, 0.15) is 18.3 Å². The summed E-state index contributed by atoms with van der Waals surface area (Å²) in [5, 5.41) is 3.52. The SMILES string of the molecule is CCOc1ccc(N(CC(=O)N(Cc2ccc(Cl)cc2)C(CC)C(=O)NC(C)CC)S(=O)(=O)c2ccc(C)cc2)cc1. The molecule has 2 unspecified atom stereocenters. The molecular formula is C32H40ClN3O5S. The van der Waals surface area contributed by atoms with Gasteiger partial charge in [0.2, 0.25) is 11.8 Å². The number of amides is 2. The molecule has 3 aromatic carbocycles. The standard InChI is InChI=1S/C32H40ClN3O5S/c1-6-24(5)34-32(38)30(7-2)35(21-25-11-13-26(33)14-12-25)31(37)22-36(27-15-17-28(18-16-27)41-8-3)42(39,40)29-19-9-23(4)10-20-29/h9-20,24,30H,6-8,21-22H2,1-5H3,(H,34,38). The number of benzene rings is 3. The molecule has 42 heavy (non-hydrogen) atoms. The summed E-state index contributed by atoms with van der Waals surface area (Å²) in [6, 6.07) is 19.1. The molecule has 0 saturated heterocycles.